The van der Waals surface area contributed by atoms with E-state index in [0.29, 0.717) is 47.2 Å². The maximum Gasteiger partial charge on any atom is 0.430 e. The van der Waals surface area contributed by atoms with E-state index in [-0.39, 0.29) is 19.0 Å². The monoisotopic (exact) mass is 593 g/mol. The summed E-state index contributed by atoms with van der Waals surface area (Å²) in [5.41, 5.74) is -1.90. The van der Waals surface area contributed by atoms with Crippen molar-refractivity contribution in [1.29, 1.82) is 0 Å². The smallest absolute Gasteiger partial charge is 0.371 e. The molecule has 0 aromatic heterocycles. The van der Waals surface area contributed by atoms with Gasteiger partial charge in [-0.15, -0.1) is 0 Å². The molecule has 2 heterocycles. The second-order valence-electron chi connectivity index (χ2n) is 11.5. The quantitative estimate of drug-likeness (QED) is 0.434. The van der Waals surface area contributed by atoms with Crippen LogP contribution in [-0.4, -0.2) is 73.2 Å². The Morgan fingerprint density at radius 2 is 1.59 bits per heavy atom. The first-order valence-corrected chi connectivity index (χ1v) is 14.7. The summed E-state index contributed by atoms with van der Waals surface area (Å²) in [4.78, 5) is 30.4. The first-order valence-electron chi connectivity index (χ1n) is 14.3. The molecule has 0 unspecified atom stereocenters. The lowest BCUT2D eigenvalue weighted by Crippen LogP contribution is -2.57. The zero-order valence-electron chi connectivity index (χ0n) is 23.9. The number of amides is 2. The summed E-state index contributed by atoms with van der Waals surface area (Å²) in [6.45, 7) is 3.92. The van der Waals surface area contributed by atoms with Crippen molar-refractivity contribution in [3.05, 3.63) is 64.2 Å². The van der Waals surface area contributed by atoms with E-state index >= 15 is 0 Å². The van der Waals surface area contributed by atoms with Gasteiger partial charge in [-0.2, -0.15) is 13.2 Å². The standard InChI is InChI=1S/C31H39ClF3N3O3/c1-4-21-6-5-7-24(19-21)30(41,31(33,34)35)29(40)38-16-12-23(13-17-38)18-22-10-14-37(15-11-22)25-8-9-26(27(32)20-25)28(39)36(2)3/h5-9,19-20,22-23,41H,4,10-18H2,1-3H3/t30-/m1/s1. The number of nitrogens with zero attached hydrogens (tertiary/aromatic N) is 3. The van der Waals surface area contributed by atoms with Gasteiger partial charge in [-0.3, -0.25) is 9.59 Å². The Bertz CT molecular complexity index is 1240. The number of alkyl halides is 3. The molecule has 0 bridgehead atoms. The van der Waals surface area contributed by atoms with Crippen LogP contribution in [0.25, 0.3) is 0 Å². The van der Waals surface area contributed by atoms with E-state index in [2.05, 4.69) is 4.90 Å². The number of aliphatic hydroxyl groups is 1. The highest BCUT2D eigenvalue weighted by Gasteiger charge is 2.62. The summed E-state index contributed by atoms with van der Waals surface area (Å²) < 4.78 is 42.5. The van der Waals surface area contributed by atoms with Crippen LogP contribution >= 0.6 is 11.6 Å². The van der Waals surface area contributed by atoms with Gasteiger partial charge in [0.2, 0.25) is 0 Å². The molecule has 0 aliphatic carbocycles. The highest BCUT2D eigenvalue weighted by atomic mass is 35.5. The van der Waals surface area contributed by atoms with Crippen LogP contribution in [-0.2, 0) is 16.8 Å². The van der Waals surface area contributed by atoms with Crippen LogP contribution in [0.2, 0.25) is 5.02 Å². The Labute approximate surface area is 245 Å². The van der Waals surface area contributed by atoms with Crippen molar-refractivity contribution < 1.29 is 27.9 Å². The predicted octanol–water partition coefficient (Wildman–Crippen LogP) is 5.90. The fourth-order valence-electron chi connectivity index (χ4n) is 6.04. The molecule has 10 heteroatoms. The number of piperidine rings is 2. The van der Waals surface area contributed by atoms with E-state index in [1.54, 1.807) is 26.2 Å². The van der Waals surface area contributed by atoms with E-state index in [9.17, 15) is 27.9 Å². The lowest BCUT2D eigenvalue weighted by atomic mass is 9.82. The van der Waals surface area contributed by atoms with Crippen LogP contribution in [0.15, 0.2) is 42.5 Å². The van der Waals surface area contributed by atoms with E-state index in [1.165, 1.54) is 28.0 Å². The number of anilines is 1. The van der Waals surface area contributed by atoms with Crippen LogP contribution in [0.1, 0.15) is 60.5 Å². The molecule has 224 valence electrons. The summed E-state index contributed by atoms with van der Waals surface area (Å²) in [6, 6.07) is 11.1. The normalized spacial score (nSPS) is 18.7. The Kier molecular flexibility index (Phi) is 9.59. The fourth-order valence-corrected chi connectivity index (χ4v) is 6.29. The molecular weight excluding hydrogens is 555 g/mol. The predicted molar refractivity (Wildman–Crippen MR) is 154 cm³/mol. The van der Waals surface area contributed by atoms with Crippen molar-refractivity contribution in [2.24, 2.45) is 11.8 Å². The van der Waals surface area contributed by atoms with Crippen LogP contribution in [0.3, 0.4) is 0 Å². The summed E-state index contributed by atoms with van der Waals surface area (Å²) in [6.07, 6.45) is -0.466. The average molecular weight is 594 g/mol. The lowest BCUT2D eigenvalue weighted by molar-refractivity contribution is -0.262. The minimum absolute atomic E-state index is 0.137. The minimum Gasteiger partial charge on any atom is -0.371 e. The highest BCUT2D eigenvalue weighted by molar-refractivity contribution is 6.34. The van der Waals surface area contributed by atoms with Crippen molar-refractivity contribution >= 4 is 29.1 Å². The van der Waals surface area contributed by atoms with Crippen LogP contribution < -0.4 is 4.90 Å². The third-order valence-electron chi connectivity index (χ3n) is 8.61. The molecule has 2 aliphatic rings. The van der Waals surface area contributed by atoms with Crippen molar-refractivity contribution in [2.45, 2.75) is 57.2 Å². The van der Waals surface area contributed by atoms with Crippen molar-refractivity contribution in [3.63, 3.8) is 0 Å². The SMILES string of the molecule is CCc1cccc([C@@](O)(C(=O)N2CCC(CC3CCN(c4ccc(C(=O)N(C)C)c(Cl)c4)CC3)CC2)C(F)(F)F)c1. The summed E-state index contributed by atoms with van der Waals surface area (Å²) >= 11 is 6.40. The zero-order chi connectivity index (χ0) is 29.9. The Hall–Kier alpha value is -2.78. The Morgan fingerprint density at radius 1 is 0.976 bits per heavy atom. The molecule has 2 aromatic rings. The topological polar surface area (TPSA) is 64.1 Å². The fraction of sp³-hybridized carbons (Fsp3) is 0.548. The maximum absolute atomic E-state index is 14.2. The van der Waals surface area contributed by atoms with Crippen LogP contribution in [0.5, 0.6) is 0 Å². The van der Waals surface area contributed by atoms with E-state index in [4.69, 9.17) is 11.6 Å². The number of hydrogen-bond donors (Lipinski definition) is 1. The van der Waals surface area contributed by atoms with Gasteiger partial charge in [0.05, 0.1) is 10.6 Å². The third kappa shape index (κ3) is 6.67. The first kappa shape index (κ1) is 31.2. The molecule has 2 aromatic carbocycles. The van der Waals surface area contributed by atoms with Gasteiger partial charge in [0, 0.05) is 51.5 Å². The molecule has 2 aliphatic heterocycles. The van der Waals surface area contributed by atoms with Crippen molar-refractivity contribution in [2.75, 3.05) is 45.2 Å². The third-order valence-corrected chi connectivity index (χ3v) is 8.92. The van der Waals surface area contributed by atoms with E-state index in [1.807, 2.05) is 19.1 Å². The lowest BCUT2D eigenvalue weighted by Gasteiger charge is -2.40. The molecule has 2 fully saturated rings. The largest absolute Gasteiger partial charge is 0.430 e. The second kappa shape index (κ2) is 12.6. The maximum atomic E-state index is 14.2. The average Bonchev–Trinajstić information content (AvgIpc) is 2.96. The summed E-state index contributed by atoms with van der Waals surface area (Å²) in [5.74, 6) is -0.611. The van der Waals surface area contributed by atoms with Gasteiger partial charge >= 0.3 is 6.18 Å². The van der Waals surface area contributed by atoms with Gasteiger partial charge in [-0.1, -0.05) is 42.8 Å². The molecule has 2 amide bonds. The molecule has 0 saturated carbocycles. The molecular formula is C31H39ClF3N3O3. The van der Waals surface area contributed by atoms with Crippen molar-refractivity contribution in [1.82, 2.24) is 9.80 Å². The van der Waals surface area contributed by atoms with Crippen LogP contribution in [0.4, 0.5) is 18.9 Å². The number of aryl methyl sites for hydroxylation is 1. The molecule has 41 heavy (non-hydrogen) atoms. The Morgan fingerprint density at radius 3 is 2.12 bits per heavy atom. The molecule has 4 rings (SSSR count). The number of benzene rings is 2. The number of halogens is 4. The van der Waals surface area contributed by atoms with Gasteiger partial charge in [-0.25, -0.2) is 0 Å². The summed E-state index contributed by atoms with van der Waals surface area (Å²) in [7, 11) is 3.38. The first-order chi connectivity index (χ1) is 19.3. The van der Waals surface area contributed by atoms with Crippen LogP contribution in [0, 0.1) is 11.8 Å². The van der Waals surface area contributed by atoms with Gasteiger partial charge in [-0.05, 0) is 74.1 Å². The number of carbonyl (C=O) groups is 2. The van der Waals surface area contributed by atoms with Crippen molar-refractivity contribution in [3.8, 4) is 0 Å². The molecule has 1 N–H and O–H groups in total. The molecule has 0 radical (unpaired) electrons. The minimum atomic E-state index is -5.13. The zero-order valence-corrected chi connectivity index (χ0v) is 24.6. The van der Waals surface area contributed by atoms with E-state index < -0.39 is 23.2 Å². The molecule has 0 spiro atoms. The number of likely N-dealkylation sites (tertiary alicyclic amines) is 1. The second-order valence-corrected chi connectivity index (χ2v) is 11.9. The van der Waals surface area contributed by atoms with E-state index in [0.717, 1.165) is 38.0 Å². The number of rotatable bonds is 7. The Balaban J connectivity index is 1.31. The van der Waals surface area contributed by atoms with Gasteiger partial charge < -0.3 is 19.8 Å². The number of hydrogen-bond acceptors (Lipinski definition) is 4. The highest BCUT2D eigenvalue weighted by Crippen LogP contribution is 2.42. The molecule has 2 saturated heterocycles. The number of carbonyl (C=O) groups excluding carboxylic acids is 2. The van der Waals surface area contributed by atoms with Gasteiger partial charge in [0.25, 0.3) is 17.4 Å². The van der Waals surface area contributed by atoms with Gasteiger partial charge in [0.1, 0.15) is 0 Å². The van der Waals surface area contributed by atoms with Gasteiger partial charge in [0.15, 0.2) is 0 Å². The molecule has 6 nitrogen and oxygen atoms in total. The summed E-state index contributed by atoms with van der Waals surface area (Å²) in [5, 5.41) is 11.3. The molecule has 1 atom stereocenters.